The van der Waals surface area contributed by atoms with E-state index in [1.807, 2.05) is 48.6 Å². The van der Waals surface area contributed by atoms with E-state index in [2.05, 4.69) is 45.5 Å². The first-order valence-corrected chi connectivity index (χ1v) is 20.5. The summed E-state index contributed by atoms with van der Waals surface area (Å²) in [5, 5.41) is 4.58. The van der Waals surface area contributed by atoms with Gasteiger partial charge in [0.05, 0.1) is 6.67 Å². The number of allylic oxidation sites excluding steroid dienone is 9. The van der Waals surface area contributed by atoms with Crippen molar-refractivity contribution in [1.82, 2.24) is 10.2 Å². The number of carbonyl (C=O) groups is 3. The van der Waals surface area contributed by atoms with Crippen molar-refractivity contribution in [3.05, 3.63) is 117 Å². The summed E-state index contributed by atoms with van der Waals surface area (Å²) in [4.78, 5) is 45.4. The molecule has 1 spiro atoms. The first-order chi connectivity index (χ1) is 26.2. The quantitative estimate of drug-likeness (QED) is 0.284. The van der Waals surface area contributed by atoms with Gasteiger partial charge in [0, 0.05) is 65.6 Å². The summed E-state index contributed by atoms with van der Waals surface area (Å²) in [6.45, 7) is 4.19. The Bertz CT molecular complexity index is 1960. The largest absolute Gasteiger partial charge is 0.431 e. The van der Waals surface area contributed by atoms with E-state index >= 15 is 0 Å². The molecule has 3 fully saturated rings. The third kappa shape index (κ3) is 7.27. The first-order valence-electron chi connectivity index (χ1n) is 19.7. The molecule has 9 heteroatoms. The fourth-order valence-electron chi connectivity index (χ4n) is 10.2. The van der Waals surface area contributed by atoms with Crippen LogP contribution in [0.25, 0.3) is 5.57 Å². The summed E-state index contributed by atoms with van der Waals surface area (Å²) in [6, 6.07) is 20.5. The summed E-state index contributed by atoms with van der Waals surface area (Å²) in [5.74, 6) is 0.796. The molecule has 4 atom stereocenters. The van der Waals surface area contributed by atoms with E-state index in [-0.39, 0.29) is 35.5 Å². The maximum Gasteiger partial charge on any atom is 0.307 e. The Morgan fingerprint density at radius 3 is 2.44 bits per heavy atom. The zero-order valence-corrected chi connectivity index (χ0v) is 32.5. The number of Topliss-reactive ketones (excluding diaryl/α,β-unsaturated/α-hetero) is 1. The Hall–Kier alpha value is -3.91. The summed E-state index contributed by atoms with van der Waals surface area (Å²) in [6.07, 6.45) is 13.8. The van der Waals surface area contributed by atoms with Crippen LogP contribution < -0.4 is 10.2 Å². The Morgan fingerprint density at radius 2 is 1.70 bits per heavy atom. The Balaban J connectivity index is 1.12. The topological polar surface area (TPSA) is 79.0 Å². The lowest BCUT2D eigenvalue weighted by atomic mass is 9.77. The normalized spacial score (nSPS) is 27.3. The third-order valence-electron chi connectivity index (χ3n) is 12.8. The number of amides is 1. The number of ketones is 1. The fourth-order valence-corrected chi connectivity index (χ4v) is 10.7. The van der Waals surface area contributed by atoms with Gasteiger partial charge in [0.25, 0.3) is 0 Å². The molecule has 7 nitrogen and oxygen atoms in total. The van der Waals surface area contributed by atoms with Crippen molar-refractivity contribution >= 4 is 52.1 Å². The van der Waals surface area contributed by atoms with Crippen LogP contribution in [0.15, 0.2) is 111 Å². The standard InChI is InChI=1S/C45H49Cl2N3O4/c1-29(51)54-43-34(27-49-21-19-45(20-22-49)44(53)48-28-50(45)36-13-6-3-7-14-36)24-30(23-33-12-8-11-32-26-35(46)15-16-37(32)42(33)52)25-39-38(43)17-18-40(47)41(39)31-9-4-2-5-10-31/h2-7,9-10,13-15,18,26,30,33-34,37H,8,11-12,16-17,19-25,27-28H2,1H3,(H,48,53). The zero-order chi connectivity index (χ0) is 37.4. The SMILES string of the molecule is CC(=O)OC1=C2CC=C(Cl)C(c3ccccc3)=C2CC(CC2CCCC3=CC(Cl)=CCC3C2=O)CC1CN1CCC2(CC1)C(=O)NCN2c1ccccc1. The molecule has 1 saturated carbocycles. The molecule has 0 radical (unpaired) electrons. The number of benzene rings is 2. The van der Waals surface area contributed by atoms with E-state index in [4.69, 9.17) is 27.9 Å². The van der Waals surface area contributed by atoms with Gasteiger partial charge in [-0.3, -0.25) is 14.4 Å². The highest BCUT2D eigenvalue weighted by Gasteiger charge is 2.51. The second-order valence-electron chi connectivity index (χ2n) is 16.0. The minimum Gasteiger partial charge on any atom is -0.431 e. The number of ether oxygens (including phenoxy) is 1. The molecule has 2 heterocycles. The summed E-state index contributed by atoms with van der Waals surface area (Å²) < 4.78 is 6.30. The molecular weight excluding hydrogens is 717 g/mol. The van der Waals surface area contributed by atoms with E-state index in [1.165, 1.54) is 12.5 Å². The van der Waals surface area contributed by atoms with Gasteiger partial charge in [-0.2, -0.15) is 0 Å². The maximum atomic E-state index is 14.3. The van der Waals surface area contributed by atoms with Gasteiger partial charge >= 0.3 is 5.97 Å². The van der Waals surface area contributed by atoms with Crippen LogP contribution in [0, 0.1) is 23.7 Å². The van der Waals surface area contributed by atoms with E-state index < -0.39 is 5.54 Å². The van der Waals surface area contributed by atoms with Crippen molar-refractivity contribution < 1.29 is 19.1 Å². The van der Waals surface area contributed by atoms with Gasteiger partial charge < -0.3 is 19.9 Å². The number of hydrogen-bond acceptors (Lipinski definition) is 6. The summed E-state index contributed by atoms with van der Waals surface area (Å²) >= 11 is 13.5. The molecule has 282 valence electrons. The molecule has 2 aliphatic heterocycles. The molecule has 2 aromatic rings. The molecule has 4 unspecified atom stereocenters. The summed E-state index contributed by atoms with van der Waals surface area (Å²) in [7, 11) is 0. The van der Waals surface area contributed by atoms with Gasteiger partial charge in [-0.05, 0) is 105 Å². The van der Waals surface area contributed by atoms with Gasteiger partial charge in [0.1, 0.15) is 17.1 Å². The highest BCUT2D eigenvalue weighted by atomic mass is 35.5. The van der Waals surface area contributed by atoms with Gasteiger partial charge in [-0.1, -0.05) is 89.5 Å². The van der Waals surface area contributed by atoms with E-state index in [0.29, 0.717) is 49.7 Å². The summed E-state index contributed by atoms with van der Waals surface area (Å²) in [5.41, 5.74) is 5.85. The second kappa shape index (κ2) is 15.7. The zero-order valence-electron chi connectivity index (χ0n) is 31.0. The number of rotatable bonds is 7. The lowest BCUT2D eigenvalue weighted by molar-refractivity contribution is -0.138. The number of para-hydroxylation sites is 1. The molecule has 1 N–H and O–H groups in total. The lowest BCUT2D eigenvalue weighted by Crippen LogP contribution is -2.57. The lowest BCUT2D eigenvalue weighted by Gasteiger charge is -2.44. The van der Waals surface area contributed by atoms with E-state index in [0.717, 1.165) is 90.4 Å². The van der Waals surface area contributed by atoms with Crippen LogP contribution in [0.1, 0.15) is 76.7 Å². The minimum atomic E-state index is -0.585. The molecular formula is C45H49Cl2N3O4. The monoisotopic (exact) mass is 765 g/mol. The Kier molecular flexibility index (Phi) is 10.8. The average molecular weight is 767 g/mol. The van der Waals surface area contributed by atoms with Crippen molar-refractivity contribution in [2.75, 3.05) is 31.2 Å². The van der Waals surface area contributed by atoms with Crippen molar-refractivity contribution in [3.63, 3.8) is 0 Å². The number of carbonyl (C=O) groups excluding carboxylic acids is 3. The number of fused-ring (bicyclic) bond motifs is 2. The molecule has 0 bridgehead atoms. The predicted octanol–water partition coefficient (Wildman–Crippen LogP) is 9.07. The molecule has 0 aromatic heterocycles. The molecule has 1 amide bonds. The van der Waals surface area contributed by atoms with Crippen LogP contribution in [0.2, 0.25) is 0 Å². The molecule has 4 aliphatic carbocycles. The average Bonchev–Trinajstić information content (AvgIpc) is 3.30. The molecule has 2 saturated heterocycles. The smallest absolute Gasteiger partial charge is 0.307 e. The van der Waals surface area contributed by atoms with Crippen molar-refractivity contribution in [2.24, 2.45) is 23.7 Å². The van der Waals surface area contributed by atoms with E-state index in [1.54, 1.807) is 0 Å². The van der Waals surface area contributed by atoms with Crippen molar-refractivity contribution in [1.29, 1.82) is 0 Å². The number of piperidine rings is 1. The number of hydrogen-bond donors (Lipinski definition) is 1. The Labute approximate surface area is 328 Å². The molecule has 54 heavy (non-hydrogen) atoms. The van der Waals surface area contributed by atoms with Crippen LogP contribution >= 0.6 is 23.2 Å². The Morgan fingerprint density at radius 1 is 0.963 bits per heavy atom. The maximum absolute atomic E-state index is 14.3. The number of nitrogens with one attached hydrogen (secondary N) is 1. The van der Waals surface area contributed by atoms with Crippen LogP contribution in [0.3, 0.4) is 0 Å². The number of halogens is 2. The van der Waals surface area contributed by atoms with Crippen molar-refractivity contribution in [2.45, 2.75) is 76.7 Å². The van der Waals surface area contributed by atoms with Gasteiger partial charge in [-0.15, -0.1) is 0 Å². The number of likely N-dealkylation sites (tertiary alicyclic amines) is 1. The minimum absolute atomic E-state index is 0.0503. The van der Waals surface area contributed by atoms with Crippen LogP contribution in [0.4, 0.5) is 5.69 Å². The van der Waals surface area contributed by atoms with Crippen molar-refractivity contribution in [3.8, 4) is 0 Å². The van der Waals surface area contributed by atoms with Crippen LogP contribution in [-0.4, -0.2) is 54.4 Å². The number of esters is 1. The molecule has 6 aliphatic rings. The number of anilines is 1. The molecule has 2 aromatic carbocycles. The number of nitrogens with zero attached hydrogens (tertiary/aromatic N) is 2. The molecule has 8 rings (SSSR count). The highest BCUT2D eigenvalue weighted by molar-refractivity contribution is 6.37. The van der Waals surface area contributed by atoms with Crippen LogP contribution in [-0.2, 0) is 19.1 Å². The third-order valence-corrected chi connectivity index (χ3v) is 13.4. The first kappa shape index (κ1) is 37.0. The highest BCUT2D eigenvalue weighted by Crippen LogP contribution is 2.49. The fraction of sp³-hybridized carbons (Fsp3) is 0.444. The predicted molar refractivity (Wildman–Crippen MR) is 214 cm³/mol. The van der Waals surface area contributed by atoms with Gasteiger partial charge in [-0.25, -0.2) is 0 Å². The van der Waals surface area contributed by atoms with E-state index in [9.17, 15) is 14.4 Å². The van der Waals surface area contributed by atoms with Crippen LogP contribution in [0.5, 0.6) is 0 Å². The van der Waals surface area contributed by atoms with Gasteiger partial charge in [0.2, 0.25) is 5.91 Å². The second-order valence-corrected chi connectivity index (χ2v) is 16.8. The van der Waals surface area contributed by atoms with Gasteiger partial charge in [0.15, 0.2) is 0 Å².